The van der Waals surface area contributed by atoms with Gasteiger partial charge in [-0.2, -0.15) is 4.31 Å². The zero-order valence-corrected chi connectivity index (χ0v) is 18.9. The number of benzene rings is 3. The van der Waals surface area contributed by atoms with E-state index in [2.05, 4.69) is 4.57 Å². The molecule has 0 saturated heterocycles. The molecule has 0 aliphatic rings. The molecule has 7 heteroatoms. The largest absolute Gasteiger partial charge is 0.494 e. The minimum atomic E-state index is -3.59. The molecule has 0 fully saturated rings. The number of hydrogen-bond donors (Lipinski definition) is 0. The lowest BCUT2D eigenvalue weighted by molar-refractivity contribution is 0.303. The van der Waals surface area contributed by atoms with Crippen molar-refractivity contribution >= 4 is 21.1 Å². The maximum absolute atomic E-state index is 13.0. The number of aromatic nitrogens is 2. The highest BCUT2D eigenvalue weighted by Gasteiger charge is 2.23. The molecule has 0 amide bonds. The summed E-state index contributed by atoms with van der Waals surface area (Å²) in [6, 6.07) is 26.2. The molecule has 0 saturated carbocycles. The Labute approximate surface area is 189 Å². The van der Waals surface area contributed by atoms with Crippen LogP contribution in [0.4, 0.5) is 0 Å². The molecule has 1 heterocycles. The molecule has 0 atom stereocenters. The normalized spacial score (nSPS) is 11.8. The molecule has 0 radical (unpaired) electrons. The Hall–Kier alpha value is -3.16. The molecule has 32 heavy (non-hydrogen) atoms. The van der Waals surface area contributed by atoms with Gasteiger partial charge in [0.1, 0.15) is 11.6 Å². The van der Waals surface area contributed by atoms with Gasteiger partial charge in [0.05, 0.1) is 29.1 Å². The van der Waals surface area contributed by atoms with E-state index in [1.807, 2.05) is 54.6 Å². The van der Waals surface area contributed by atoms with E-state index in [1.165, 1.54) is 4.31 Å². The van der Waals surface area contributed by atoms with Crippen molar-refractivity contribution in [2.45, 2.75) is 30.8 Å². The second-order valence-corrected chi connectivity index (χ2v) is 9.66. The number of imidazole rings is 1. The Balaban J connectivity index is 1.46. The summed E-state index contributed by atoms with van der Waals surface area (Å²) < 4.78 is 35.2. The van der Waals surface area contributed by atoms with Gasteiger partial charge in [-0.15, -0.1) is 0 Å². The number of unbranched alkanes of at least 4 members (excludes halogenated alkanes) is 1. The Kier molecular flexibility index (Phi) is 6.87. The van der Waals surface area contributed by atoms with Gasteiger partial charge < -0.3 is 9.30 Å². The van der Waals surface area contributed by atoms with Crippen molar-refractivity contribution < 1.29 is 13.2 Å². The van der Waals surface area contributed by atoms with E-state index in [4.69, 9.17) is 9.72 Å². The molecule has 0 N–H and O–H groups in total. The topological polar surface area (TPSA) is 64.4 Å². The van der Waals surface area contributed by atoms with Crippen LogP contribution in [0.3, 0.4) is 0 Å². The first-order chi connectivity index (χ1) is 15.6. The van der Waals surface area contributed by atoms with E-state index in [0.29, 0.717) is 6.61 Å². The average Bonchev–Trinajstić information content (AvgIpc) is 3.17. The summed E-state index contributed by atoms with van der Waals surface area (Å²) in [4.78, 5) is 5.01. The van der Waals surface area contributed by atoms with E-state index < -0.39 is 10.0 Å². The molecular formula is C25H27N3O3S. The monoisotopic (exact) mass is 449 g/mol. The predicted molar refractivity (Wildman–Crippen MR) is 126 cm³/mol. The van der Waals surface area contributed by atoms with Crippen molar-refractivity contribution in [2.24, 2.45) is 0 Å². The quantitative estimate of drug-likeness (QED) is 0.329. The number of aryl methyl sites for hydroxylation is 1. The number of hydrogen-bond acceptors (Lipinski definition) is 4. The van der Waals surface area contributed by atoms with Crippen molar-refractivity contribution in [3.63, 3.8) is 0 Å². The van der Waals surface area contributed by atoms with Gasteiger partial charge in [-0.1, -0.05) is 48.5 Å². The van der Waals surface area contributed by atoms with E-state index in [9.17, 15) is 8.42 Å². The molecule has 3 aromatic carbocycles. The molecule has 0 unspecified atom stereocenters. The van der Waals surface area contributed by atoms with Crippen molar-refractivity contribution in [2.75, 3.05) is 13.7 Å². The van der Waals surface area contributed by atoms with Gasteiger partial charge in [-0.3, -0.25) is 0 Å². The van der Waals surface area contributed by atoms with Gasteiger partial charge in [0.15, 0.2) is 0 Å². The molecule has 0 aliphatic heterocycles. The molecule has 1 aromatic heterocycles. The van der Waals surface area contributed by atoms with Crippen LogP contribution in [-0.4, -0.2) is 35.9 Å². The van der Waals surface area contributed by atoms with Crippen LogP contribution in [-0.2, 0) is 23.1 Å². The molecule has 0 aliphatic carbocycles. The van der Waals surface area contributed by atoms with Crippen LogP contribution < -0.4 is 4.74 Å². The second kappa shape index (κ2) is 9.97. The first-order valence-corrected chi connectivity index (χ1v) is 12.1. The average molecular weight is 450 g/mol. The number of ether oxygens (including phenoxy) is 1. The maximum atomic E-state index is 13.0. The fraction of sp³-hybridized carbons (Fsp3) is 0.240. The summed E-state index contributed by atoms with van der Waals surface area (Å²) in [5, 5.41) is 0. The fourth-order valence-electron chi connectivity index (χ4n) is 3.63. The van der Waals surface area contributed by atoms with Crippen LogP contribution in [0.5, 0.6) is 5.75 Å². The minimum Gasteiger partial charge on any atom is -0.494 e. The van der Waals surface area contributed by atoms with E-state index in [0.717, 1.165) is 42.0 Å². The van der Waals surface area contributed by atoms with Gasteiger partial charge in [0.2, 0.25) is 10.0 Å². The zero-order valence-electron chi connectivity index (χ0n) is 18.1. The number of rotatable bonds is 10. The highest BCUT2D eigenvalue weighted by atomic mass is 32.2. The second-order valence-electron chi connectivity index (χ2n) is 7.61. The highest BCUT2D eigenvalue weighted by Crippen LogP contribution is 2.21. The Morgan fingerprint density at radius 1 is 0.875 bits per heavy atom. The van der Waals surface area contributed by atoms with Crippen molar-refractivity contribution in [3.8, 4) is 5.75 Å². The summed E-state index contributed by atoms with van der Waals surface area (Å²) in [5.74, 6) is 1.60. The van der Waals surface area contributed by atoms with Gasteiger partial charge in [-0.05, 0) is 49.2 Å². The summed E-state index contributed by atoms with van der Waals surface area (Å²) in [5.41, 5.74) is 1.88. The summed E-state index contributed by atoms with van der Waals surface area (Å²) >= 11 is 0. The lowest BCUT2D eigenvalue weighted by atomic mass is 10.3. The Bertz CT molecular complexity index is 1260. The van der Waals surface area contributed by atoms with Crippen LogP contribution in [0.25, 0.3) is 11.0 Å². The molecule has 4 aromatic rings. The van der Waals surface area contributed by atoms with Gasteiger partial charge in [-0.25, -0.2) is 13.4 Å². The van der Waals surface area contributed by atoms with Crippen molar-refractivity contribution in [1.82, 2.24) is 13.9 Å². The van der Waals surface area contributed by atoms with E-state index >= 15 is 0 Å². The van der Waals surface area contributed by atoms with Crippen LogP contribution in [0.2, 0.25) is 0 Å². The van der Waals surface area contributed by atoms with Crippen LogP contribution in [0, 0.1) is 0 Å². The smallest absolute Gasteiger partial charge is 0.243 e. The van der Waals surface area contributed by atoms with Crippen molar-refractivity contribution in [3.05, 3.63) is 90.8 Å². The van der Waals surface area contributed by atoms with Gasteiger partial charge in [0.25, 0.3) is 0 Å². The zero-order chi connectivity index (χ0) is 22.4. The minimum absolute atomic E-state index is 0.201. The van der Waals surface area contributed by atoms with Crippen LogP contribution in [0.1, 0.15) is 18.7 Å². The Morgan fingerprint density at radius 2 is 1.53 bits per heavy atom. The third-order valence-electron chi connectivity index (χ3n) is 5.34. The number of sulfonamides is 1. The SMILES string of the molecule is CN(Cc1nc2ccccc2n1CCCCOc1ccccc1)S(=O)(=O)c1ccccc1. The number of nitrogens with zero attached hydrogens (tertiary/aromatic N) is 3. The van der Waals surface area contributed by atoms with E-state index in [-0.39, 0.29) is 11.4 Å². The van der Waals surface area contributed by atoms with Gasteiger partial charge in [0, 0.05) is 13.6 Å². The first-order valence-electron chi connectivity index (χ1n) is 10.7. The third kappa shape index (κ3) is 5.00. The fourth-order valence-corrected chi connectivity index (χ4v) is 4.78. The lowest BCUT2D eigenvalue weighted by Gasteiger charge is -2.18. The molecule has 6 nitrogen and oxygen atoms in total. The Morgan fingerprint density at radius 3 is 2.28 bits per heavy atom. The lowest BCUT2D eigenvalue weighted by Crippen LogP contribution is -2.28. The van der Waals surface area contributed by atoms with Crippen molar-refractivity contribution in [1.29, 1.82) is 0 Å². The molecule has 0 spiro atoms. The number of para-hydroxylation sites is 3. The summed E-state index contributed by atoms with van der Waals surface area (Å²) in [6.07, 6.45) is 1.79. The van der Waals surface area contributed by atoms with E-state index in [1.54, 1.807) is 37.4 Å². The summed E-state index contributed by atoms with van der Waals surface area (Å²) in [6.45, 7) is 1.58. The maximum Gasteiger partial charge on any atom is 0.243 e. The molecule has 4 rings (SSSR count). The first kappa shape index (κ1) is 22.0. The van der Waals surface area contributed by atoms with Crippen LogP contribution in [0.15, 0.2) is 89.8 Å². The van der Waals surface area contributed by atoms with Crippen LogP contribution >= 0.6 is 0 Å². The van der Waals surface area contributed by atoms with Gasteiger partial charge >= 0.3 is 0 Å². The molecule has 166 valence electrons. The predicted octanol–water partition coefficient (Wildman–Crippen LogP) is 4.72. The number of fused-ring (bicyclic) bond motifs is 1. The standard InChI is InChI=1S/C25H27N3O3S/c1-27(32(29,30)22-14-6-3-7-15-22)20-25-26-23-16-8-9-17-24(23)28(25)18-10-11-19-31-21-12-4-2-5-13-21/h2-9,12-17H,10-11,18-20H2,1H3. The molecule has 0 bridgehead atoms. The third-order valence-corrected chi connectivity index (χ3v) is 7.15. The summed E-state index contributed by atoms with van der Waals surface area (Å²) in [7, 11) is -1.99. The molecular weight excluding hydrogens is 422 g/mol. The highest BCUT2D eigenvalue weighted by molar-refractivity contribution is 7.89.